The predicted octanol–water partition coefficient (Wildman–Crippen LogP) is 4.41. The van der Waals surface area contributed by atoms with Gasteiger partial charge in [0.2, 0.25) is 0 Å². The monoisotopic (exact) mass is 376 g/mol. The van der Waals surface area contributed by atoms with E-state index in [1.165, 1.54) is 18.5 Å². The average molecular weight is 376 g/mol. The summed E-state index contributed by atoms with van der Waals surface area (Å²) in [5.41, 5.74) is 6.26. The number of benzene rings is 2. The molecule has 140 valence electrons. The molecule has 3 aromatic rings. The van der Waals surface area contributed by atoms with Crippen LogP contribution in [0.2, 0.25) is 0 Å². The second-order valence-corrected chi connectivity index (χ2v) is 5.88. The highest BCUT2D eigenvalue weighted by Crippen LogP contribution is 2.33. The number of nitrogens with one attached hydrogen (secondary N) is 1. The van der Waals surface area contributed by atoms with E-state index < -0.39 is 17.6 Å². The minimum atomic E-state index is -4.74. The zero-order valence-electron chi connectivity index (χ0n) is 14.0. The Morgan fingerprint density at radius 1 is 1.00 bits per heavy atom. The van der Waals surface area contributed by atoms with Gasteiger partial charge in [0.05, 0.1) is 11.3 Å². The summed E-state index contributed by atoms with van der Waals surface area (Å²) in [4.78, 5) is 8.06. The molecule has 0 bridgehead atoms. The summed E-state index contributed by atoms with van der Waals surface area (Å²) in [6.07, 6.45) is -3.49. The first-order valence-corrected chi connectivity index (χ1v) is 8.08. The van der Waals surface area contributed by atoms with Gasteiger partial charge in [-0.1, -0.05) is 36.4 Å². The van der Waals surface area contributed by atoms with Crippen molar-refractivity contribution in [2.24, 2.45) is 5.73 Å². The molecule has 0 unspecified atom stereocenters. The minimum absolute atomic E-state index is 0.221. The lowest BCUT2D eigenvalue weighted by atomic mass is 10.1. The first kappa shape index (κ1) is 18.8. The van der Waals surface area contributed by atoms with Gasteiger partial charge in [0.15, 0.2) is 0 Å². The number of halogens is 4. The van der Waals surface area contributed by atoms with Crippen LogP contribution in [0.25, 0.3) is 11.3 Å². The molecule has 1 aromatic heterocycles. The van der Waals surface area contributed by atoms with Gasteiger partial charge < -0.3 is 11.1 Å². The van der Waals surface area contributed by atoms with Crippen LogP contribution >= 0.6 is 0 Å². The van der Waals surface area contributed by atoms with Crippen molar-refractivity contribution >= 4 is 5.82 Å². The first-order valence-electron chi connectivity index (χ1n) is 8.08. The number of alkyl halides is 3. The second kappa shape index (κ2) is 7.71. The van der Waals surface area contributed by atoms with E-state index >= 15 is 0 Å². The molecule has 8 heteroatoms. The molecule has 3 N–H and O–H groups in total. The molecule has 3 rings (SSSR count). The van der Waals surface area contributed by atoms with Crippen molar-refractivity contribution in [1.29, 1.82) is 0 Å². The maximum atomic E-state index is 13.8. The molecule has 27 heavy (non-hydrogen) atoms. The molecule has 0 spiro atoms. The summed E-state index contributed by atoms with van der Waals surface area (Å²) in [7, 11) is 0. The summed E-state index contributed by atoms with van der Waals surface area (Å²) in [5, 5.41) is 3.05. The van der Waals surface area contributed by atoms with E-state index in [1.54, 1.807) is 0 Å². The summed E-state index contributed by atoms with van der Waals surface area (Å²) >= 11 is 0. The van der Waals surface area contributed by atoms with Gasteiger partial charge in [-0.05, 0) is 17.7 Å². The number of aromatic nitrogens is 2. The van der Waals surface area contributed by atoms with Crippen molar-refractivity contribution in [3.63, 3.8) is 0 Å². The van der Waals surface area contributed by atoms with Gasteiger partial charge in [0.1, 0.15) is 18.0 Å². The lowest BCUT2D eigenvalue weighted by molar-refractivity contribution is -0.139. The number of anilines is 1. The zero-order chi connectivity index (χ0) is 19.4. The van der Waals surface area contributed by atoms with E-state index in [-0.39, 0.29) is 11.6 Å². The van der Waals surface area contributed by atoms with Gasteiger partial charge in [-0.25, -0.2) is 14.4 Å². The Morgan fingerprint density at radius 2 is 1.74 bits per heavy atom. The van der Waals surface area contributed by atoms with Crippen LogP contribution in [-0.4, -0.2) is 16.5 Å². The molecule has 0 aliphatic carbocycles. The van der Waals surface area contributed by atoms with Crippen molar-refractivity contribution in [2.75, 3.05) is 11.9 Å². The predicted molar refractivity (Wildman–Crippen MR) is 94.3 cm³/mol. The van der Waals surface area contributed by atoms with Crippen LogP contribution in [0, 0.1) is 5.82 Å². The van der Waals surface area contributed by atoms with Crippen LogP contribution in [0.1, 0.15) is 17.2 Å². The molecule has 0 aliphatic rings. The number of nitrogens with two attached hydrogens (primary N) is 1. The van der Waals surface area contributed by atoms with Crippen LogP contribution in [0.15, 0.2) is 60.9 Å². The number of rotatable bonds is 5. The third-order valence-corrected chi connectivity index (χ3v) is 3.97. The van der Waals surface area contributed by atoms with Crippen LogP contribution in [0.4, 0.5) is 23.4 Å². The maximum Gasteiger partial charge on any atom is 0.419 e. The smallest absolute Gasteiger partial charge is 0.368 e. The molecule has 0 saturated carbocycles. The van der Waals surface area contributed by atoms with Crippen LogP contribution in [0.5, 0.6) is 0 Å². The number of nitrogens with zero attached hydrogens (tertiary/aromatic N) is 2. The van der Waals surface area contributed by atoms with Crippen LogP contribution in [0.3, 0.4) is 0 Å². The molecule has 0 radical (unpaired) electrons. The van der Waals surface area contributed by atoms with Crippen LogP contribution < -0.4 is 11.1 Å². The normalized spacial score (nSPS) is 12.6. The summed E-state index contributed by atoms with van der Waals surface area (Å²) in [6, 6.07) is 13.4. The van der Waals surface area contributed by atoms with Gasteiger partial charge >= 0.3 is 6.18 Å². The highest BCUT2D eigenvalue weighted by molar-refractivity contribution is 5.62. The fourth-order valence-corrected chi connectivity index (χ4v) is 2.55. The third kappa shape index (κ3) is 4.59. The van der Waals surface area contributed by atoms with Gasteiger partial charge in [0.25, 0.3) is 0 Å². The van der Waals surface area contributed by atoms with E-state index in [9.17, 15) is 17.6 Å². The number of hydrogen-bond acceptors (Lipinski definition) is 4. The highest BCUT2D eigenvalue weighted by Gasteiger charge is 2.34. The Bertz CT molecular complexity index is 913. The van der Waals surface area contributed by atoms with Gasteiger partial charge in [-0.2, -0.15) is 13.2 Å². The SMILES string of the molecule is N[C@@H](CNc1cc(-c2ccc(C(F)(F)F)c(F)c2)ncn1)c1ccccc1. The minimum Gasteiger partial charge on any atom is -0.368 e. The molecular formula is C19H16F4N4. The van der Waals surface area contributed by atoms with E-state index in [2.05, 4.69) is 15.3 Å². The lowest BCUT2D eigenvalue weighted by Crippen LogP contribution is -2.20. The number of hydrogen-bond donors (Lipinski definition) is 2. The lowest BCUT2D eigenvalue weighted by Gasteiger charge is -2.14. The third-order valence-electron chi connectivity index (χ3n) is 3.97. The molecule has 1 heterocycles. The van der Waals surface area contributed by atoms with Gasteiger partial charge in [-0.3, -0.25) is 0 Å². The van der Waals surface area contributed by atoms with E-state index in [0.717, 1.165) is 11.6 Å². The quantitative estimate of drug-likeness (QED) is 0.648. The van der Waals surface area contributed by atoms with Gasteiger partial charge in [0, 0.05) is 24.2 Å². The van der Waals surface area contributed by atoms with Crippen molar-refractivity contribution in [1.82, 2.24) is 9.97 Å². The first-order chi connectivity index (χ1) is 12.8. The van der Waals surface area contributed by atoms with Crippen LogP contribution in [-0.2, 0) is 6.18 Å². The van der Waals surface area contributed by atoms with Crippen molar-refractivity contribution in [2.45, 2.75) is 12.2 Å². The Balaban J connectivity index is 1.75. The second-order valence-electron chi connectivity index (χ2n) is 5.88. The average Bonchev–Trinajstić information content (AvgIpc) is 2.66. The summed E-state index contributed by atoms with van der Waals surface area (Å²) < 4.78 is 51.8. The van der Waals surface area contributed by atoms with E-state index in [4.69, 9.17) is 5.73 Å². The fraction of sp³-hybridized carbons (Fsp3) is 0.158. The Morgan fingerprint density at radius 3 is 2.41 bits per heavy atom. The topological polar surface area (TPSA) is 63.8 Å². The molecule has 2 aromatic carbocycles. The molecular weight excluding hydrogens is 360 g/mol. The van der Waals surface area contributed by atoms with Crippen molar-refractivity contribution in [3.8, 4) is 11.3 Å². The van der Waals surface area contributed by atoms with Gasteiger partial charge in [-0.15, -0.1) is 0 Å². The van der Waals surface area contributed by atoms with E-state index in [0.29, 0.717) is 24.1 Å². The Kier molecular flexibility index (Phi) is 5.36. The standard InChI is InChI=1S/C19H16F4N4/c20-15-8-13(6-7-14(15)19(21,22)23)17-9-18(27-11-26-17)25-10-16(24)12-4-2-1-3-5-12/h1-9,11,16H,10,24H2,(H,25,26,27)/t16-/m0/s1. The molecule has 0 fully saturated rings. The fourth-order valence-electron chi connectivity index (χ4n) is 2.55. The Labute approximate surface area is 153 Å². The Hall–Kier alpha value is -3.00. The van der Waals surface area contributed by atoms with Crippen molar-refractivity contribution in [3.05, 3.63) is 77.9 Å². The summed E-state index contributed by atoms with van der Waals surface area (Å²) in [5.74, 6) is -0.911. The molecule has 1 atom stereocenters. The summed E-state index contributed by atoms with van der Waals surface area (Å²) in [6.45, 7) is 0.391. The largest absolute Gasteiger partial charge is 0.419 e. The maximum absolute atomic E-state index is 13.8. The molecule has 4 nitrogen and oxygen atoms in total. The molecule has 0 saturated heterocycles. The zero-order valence-corrected chi connectivity index (χ0v) is 14.0. The van der Waals surface area contributed by atoms with E-state index in [1.807, 2.05) is 30.3 Å². The molecule has 0 amide bonds. The molecule has 0 aliphatic heterocycles. The highest BCUT2D eigenvalue weighted by atomic mass is 19.4. The van der Waals surface area contributed by atoms with Crippen molar-refractivity contribution < 1.29 is 17.6 Å².